The molecule has 4 aromatic rings. The van der Waals surface area contributed by atoms with Gasteiger partial charge in [-0.2, -0.15) is 4.72 Å². The third-order valence-corrected chi connectivity index (χ3v) is 7.68. The lowest BCUT2D eigenvalue weighted by atomic mass is 9.96. The summed E-state index contributed by atoms with van der Waals surface area (Å²) in [5, 5.41) is 11.6. The summed E-state index contributed by atoms with van der Waals surface area (Å²) >= 11 is 0. The zero-order valence-electron chi connectivity index (χ0n) is 17.4. The Kier molecular flexibility index (Phi) is 5.27. The van der Waals surface area contributed by atoms with Crippen molar-refractivity contribution in [3.63, 3.8) is 0 Å². The molecule has 2 aromatic heterocycles. The van der Waals surface area contributed by atoms with Gasteiger partial charge in [0.05, 0.1) is 4.90 Å². The molecule has 7 nitrogen and oxygen atoms in total. The van der Waals surface area contributed by atoms with E-state index in [-0.39, 0.29) is 11.3 Å². The van der Waals surface area contributed by atoms with E-state index in [1.165, 1.54) is 12.1 Å². The molecule has 32 heavy (non-hydrogen) atoms. The maximum atomic E-state index is 13.0. The summed E-state index contributed by atoms with van der Waals surface area (Å²) in [5.41, 5.74) is 3.61. The largest absolute Gasteiger partial charge is 0.480 e. The van der Waals surface area contributed by atoms with Crippen LogP contribution < -0.4 is 4.72 Å². The summed E-state index contributed by atoms with van der Waals surface area (Å²) in [6.07, 6.45) is 6.35. The fourth-order valence-corrected chi connectivity index (χ4v) is 5.78. The van der Waals surface area contributed by atoms with Crippen LogP contribution >= 0.6 is 0 Å². The lowest BCUT2D eigenvalue weighted by Crippen LogP contribution is -2.41. The van der Waals surface area contributed by atoms with E-state index in [9.17, 15) is 18.3 Å². The van der Waals surface area contributed by atoms with Gasteiger partial charge >= 0.3 is 5.97 Å². The first-order valence-corrected chi connectivity index (χ1v) is 12.2. The zero-order chi connectivity index (χ0) is 22.3. The average Bonchev–Trinajstić information content (AvgIpc) is 3.37. The number of carboxylic acid groups (broad SMARTS) is 1. The molecule has 0 saturated carbocycles. The Morgan fingerprint density at radius 1 is 1.12 bits per heavy atom. The van der Waals surface area contributed by atoms with Crippen LogP contribution in [0.1, 0.15) is 36.1 Å². The van der Waals surface area contributed by atoms with Gasteiger partial charge in [-0.3, -0.25) is 4.79 Å². The van der Waals surface area contributed by atoms with Crippen LogP contribution in [0.4, 0.5) is 0 Å². The fraction of sp³-hybridized carbons (Fsp3) is 0.292. The minimum Gasteiger partial charge on any atom is -0.480 e. The number of carboxylic acids is 1. The number of hydrogen-bond donors (Lipinski definition) is 3. The molecule has 2 aromatic carbocycles. The van der Waals surface area contributed by atoms with Crippen molar-refractivity contribution in [2.75, 3.05) is 0 Å². The van der Waals surface area contributed by atoms with Crippen molar-refractivity contribution in [1.29, 1.82) is 0 Å². The van der Waals surface area contributed by atoms with E-state index >= 15 is 0 Å². The first-order chi connectivity index (χ1) is 15.4. The number of furan rings is 1. The Labute approximate surface area is 185 Å². The highest BCUT2D eigenvalue weighted by Crippen LogP contribution is 2.33. The van der Waals surface area contributed by atoms with Gasteiger partial charge in [0, 0.05) is 40.5 Å². The van der Waals surface area contributed by atoms with E-state index in [2.05, 4.69) is 9.71 Å². The van der Waals surface area contributed by atoms with E-state index in [1.807, 2.05) is 30.5 Å². The van der Waals surface area contributed by atoms with Crippen LogP contribution in [0, 0.1) is 0 Å². The average molecular weight is 453 g/mol. The van der Waals surface area contributed by atoms with E-state index in [0.29, 0.717) is 12.0 Å². The maximum absolute atomic E-state index is 13.0. The minimum atomic E-state index is -4.03. The van der Waals surface area contributed by atoms with Crippen LogP contribution in [-0.4, -0.2) is 30.5 Å². The molecule has 1 aliphatic carbocycles. The van der Waals surface area contributed by atoms with Crippen LogP contribution in [0.15, 0.2) is 58.0 Å². The molecule has 0 spiro atoms. The van der Waals surface area contributed by atoms with Crippen LogP contribution in [0.3, 0.4) is 0 Å². The molecule has 2 heterocycles. The van der Waals surface area contributed by atoms with Gasteiger partial charge in [-0.05, 0) is 55.9 Å². The highest BCUT2D eigenvalue weighted by molar-refractivity contribution is 7.89. The first-order valence-electron chi connectivity index (χ1n) is 10.8. The molecule has 0 bridgehead atoms. The number of aliphatic carboxylic acids is 1. The number of sulfonamides is 1. The van der Waals surface area contributed by atoms with Crippen molar-refractivity contribution in [3.05, 3.63) is 65.5 Å². The highest BCUT2D eigenvalue weighted by atomic mass is 32.2. The molecule has 0 fully saturated rings. The predicted molar refractivity (Wildman–Crippen MR) is 121 cm³/mol. The van der Waals surface area contributed by atoms with Crippen molar-refractivity contribution in [3.8, 4) is 0 Å². The number of aryl methyl sites for hydroxylation is 3. The number of nitrogens with one attached hydrogen (secondary N) is 2. The number of aromatic nitrogens is 1. The number of aromatic amines is 1. The second-order valence-corrected chi connectivity index (χ2v) is 9.99. The van der Waals surface area contributed by atoms with Crippen molar-refractivity contribution in [2.45, 2.75) is 49.5 Å². The second-order valence-electron chi connectivity index (χ2n) is 8.28. The monoisotopic (exact) mass is 452 g/mol. The fourth-order valence-electron chi connectivity index (χ4n) is 4.54. The molecular weight excluding hydrogens is 428 g/mol. The van der Waals surface area contributed by atoms with Gasteiger partial charge in [0.2, 0.25) is 10.0 Å². The van der Waals surface area contributed by atoms with Gasteiger partial charge in [0.15, 0.2) is 0 Å². The summed E-state index contributed by atoms with van der Waals surface area (Å²) in [4.78, 5) is 15.0. The normalized spacial score (nSPS) is 15.1. The number of rotatable bonds is 7. The van der Waals surface area contributed by atoms with Gasteiger partial charge in [-0.15, -0.1) is 0 Å². The van der Waals surface area contributed by atoms with Crippen molar-refractivity contribution < 1.29 is 22.7 Å². The summed E-state index contributed by atoms with van der Waals surface area (Å²) in [6.45, 7) is 0. The molecule has 0 saturated heterocycles. The molecule has 0 radical (unpaired) electrons. The molecule has 8 heteroatoms. The Morgan fingerprint density at radius 2 is 1.94 bits per heavy atom. The molecule has 0 aliphatic heterocycles. The Bertz CT molecular complexity index is 1420. The van der Waals surface area contributed by atoms with E-state index in [1.54, 1.807) is 6.07 Å². The summed E-state index contributed by atoms with van der Waals surface area (Å²) in [5.74, 6) is -0.279. The summed E-state index contributed by atoms with van der Waals surface area (Å²) < 4.78 is 34.2. The standard InChI is InChI=1S/C24H24N2O5S/c27-24(28)21(12-9-15-14-25-20-7-3-1-5-17(15)20)26-32(29,30)16-10-11-19-18-6-2-4-8-22(18)31-23(19)13-16/h1,3,5,7,10-11,13-14,21,25-26H,2,4,6,8-9,12H2,(H,27,28)/t21-/m0/s1. The maximum Gasteiger partial charge on any atom is 0.321 e. The molecule has 0 unspecified atom stereocenters. The highest BCUT2D eigenvalue weighted by Gasteiger charge is 2.27. The lowest BCUT2D eigenvalue weighted by Gasteiger charge is -2.15. The number of fused-ring (bicyclic) bond motifs is 4. The van der Waals surface area contributed by atoms with Gasteiger partial charge in [-0.25, -0.2) is 8.42 Å². The summed E-state index contributed by atoms with van der Waals surface area (Å²) in [7, 11) is -4.03. The van der Waals surface area contributed by atoms with Gasteiger partial charge in [0.1, 0.15) is 17.4 Å². The predicted octanol–water partition coefficient (Wildman–Crippen LogP) is 4.16. The molecule has 1 aliphatic rings. The third kappa shape index (κ3) is 3.80. The van der Waals surface area contributed by atoms with Crippen molar-refractivity contribution in [1.82, 2.24) is 9.71 Å². The molecule has 1 atom stereocenters. The first kappa shape index (κ1) is 20.8. The van der Waals surface area contributed by atoms with Crippen LogP contribution in [-0.2, 0) is 34.1 Å². The topological polar surface area (TPSA) is 112 Å². The molecule has 5 rings (SSSR count). The van der Waals surface area contributed by atoms with Crippen LogP contribution in [0.5, 0.6) is 0 Å². The molecular formula is C24H24N2O5S. The Hall–Kier alpha value is -3.10. The molecule has 166 valence electrons. The Morgan fingerprint density at radius 3 is 2.78 bits per heavy atom. The number of carbonyl (C=O) groups is 1. The van der Waals surface area contributed by atoms with Gasteiger partial charge < -0.3 is 14.5 Å². The van der Waals surface area contributed by atoms with Crippen LogP contribution in [0.25, 0.3) is 21.9 Å². The summed E-state index contributed by atoms with van der Waals surface area (Å²) in [6, 6.07) is 11.3. The Balaban J connectivity index is 1.37. The number of para-hydroxylation sites is 1. The van der Waals surface area contributed by atoms with Crippen molar-refractivity contribution in [2.24, 2.45) is 0 Å². The van der Waals surface area contributed by atoms with E-state index < -0.39 is 22.0 Å². The second kappa shape index (κ2) is 8.11. The van der Waals surface area contributed by atoms with E-state index in [4.69, 9.17) is 4.42 Å². The quantitative estimate of drug-likeness (QED) is 0.390. The smallest absolute Gasteiger partial charge is 0.321 e. The third-order valence-electron chi connectivity index (χ3n) is 6.21. The van der Waals surface area contributed by atoms with Crippen LogP contribution in [0.2, 0.25) is 0 Å². The zero-order valence-corrected chi connectivity index (χ0v) is 18.2. The molecule has 3 N–H and O–H groups in total. The minimum absolute atomic E-state index is 0.00874. The lowest BCUT2D eigenvalue weighted by molar-refractivity contribution is -0.139. The van der Waals surface area contributed by atoms with Crippen molar-refractivity contribution >= 4 is 37.9 Å². The van der Waals surface area contributed by atoms with E-state index in [0.717, 1.165) is 58.9 Å². The molecule has 0 amide bonds. The van der Waals surface area contributed by atoms with Gasteiger partial charge in [-0.1, -0.05) is 18.2 Å². The number of benzene rings is 2. The number of hydrogen-bond acceptors (Lipinski definition) is 4. The number of H-pyrrole nitrogens is 1. The van der Waals surface area contributed by atoms with Gasteiger partial charge in [0.25, 0.3) is 0 Å². The SMILES string of the molecule is O=C(O)[C@H](CCc1c[nH]c2ccccc12)NS(=O)(=O)c1ccc2c3c(oc2c1)CCCC3.